The van der Waals surface area contributed by atoms with E-state index in [9.17, 15) is 14.4 Å². The molecule has 0 saturated heterocycles. The van der Waals surface area contributed by atoms with Crippen LogP contribution in [0.2, 0.25) is 0 Å². The Morgan fingerprint density at radius 1 is 1.06 bits per heavy atom. The van der Waals surface area contributed by atoms with Crippen LogP contribution in [0.1, 0.15) is 32.6 Å². The molecule has 6 N–H and O–H groups in total. The van der Waals surface area contributed by atoms with Crippen molar-refractivity contribution in [3.8, 4) is 0 Å². The molecule has 0 bridgehead atoms. The van der Waals surface area contributed by atoms with E-state index in [2.05, 4.69) is 6.92 Å². The lowest BCUT2D eigenvalue weighted by Gasteiger charge is -2.18. The predicted octanol–water partition coefficient (Wildman–Crippen LogP) is -0.503. The molecule has 0 unspecified atom stereocenters. The van der Waals surface area contributed by atoms with Gasteiger partial charge in [-0.05, 0) is 13.0 Å². The molecule has 0 radical (unpaired) electrons. The molecule has 0 aromatic heterocycles. The van der Waals surface area contributed by atoms with Gasteiger partial charge in [0.15, 0.2) is 5.60 Å². The van der Waals surface area contributed by atoms with Gasteiger partial charge in [0, 0.05) is 0 Å². The van der Waals surface area contributed by atoms with Crippen LogP contribution in [0.3, 0.4) is 0 Å². The van der Waals surface area contributed by atoms with E-state index in [1.165, 1.54) is 12.8 Å². The molecule has 18 heavy (non-hydrogen) atoms. The molecule has 0 amide bonds. The largest absolute Gasteiger partial charge is 0.481 e. The van der Waals surface area contributed by atoms with Crippen LogP contribution in [0.5, 0.6) is 0 Å². The lowest BCUT2D eigenvalue weighted by Crippen LogP contribution is -2.42. The molecule has 0 aromatic rings. The molecule has 0 aliphatic heterocycles. The van der Waals surface area contributed by atoms with Crippen LogP contribution in [0.15, 0.2) is 0 Å². The zero-order valence-electron chi connectivity index (χ0n) is 10.1. The van der Waals surface area contributed by atoms with Gasteiger partial charge < -0.3 is 26.2 Å². The first-order valence-electron chi connectivity index (χ1n) is 5.29. The second kappa shape index (κ2) is 9.37. The van der Waals surface area contributed by atoms with E-state index in [4.69, 9.17) is 26.2 Å². The highest BCUT2D eigenvalue weighted by atomic mass is 16.4. The van der Waals surface area contributed by atoms with Crippen LogP contribution in [0.25, 0.3) is 0 Å². The molecule has 0 aliphatic rings. The molecule has 8 nitrogen and oxygen atoms in total. The molecule has 0 spiro atoms. The Kier molecular flexibility index (Phi) is 9.73. The highest BCUT2D eigenvalue weighted by molar-refractivity contribution is 5.88. The van der Waals surface area contributed by atoms with Crippen LogP contribution in [0.4, 0.5) is 0 Å². The molecule has 0 aromatic carbocycles. The summed E-state index contributed by atoms with van der Waals surface area (Å²) in [6.45, 7) is 2.98. The van der Waals surface area contributed by atoms with Crippen LogP contribution in [-0.2, 0) is 14.4 Å². The summed E-state index contributed by atoms with van der Waals surface area (Å²) in [5, 5.41) is 33.8. The zero-order valence-corrected chi connectivity index (χ0v) is 10.1. The minimum Gasteiger partial charge on any atom is -0.481 e. The third kappa shape index (κ3) is 9.55. The highest BCUT2D eigenvalue weighted by Crippen LogP contribution is 2.15. The highest BCUT2D eigenvalue weighted by Gasteiger charge is 2.40. The first-order valence-corrected chi connectivity index (χ1v) is 5.29. The Morgan fingerprint density at radius 3 is 1.56 bits per heavy atom. The van der Waals surface area contributed by atoms with Crippen molar-refractivity contribution < 1.29 is 34.8 Å². The third-order valence-electron chi connectivity index (χ3n) is 1.84. The van der Waals surface area contributed by atoms with Crippen molar-refractivity contribution in [3.63, 3.8) is 0 Å². The summed E-state index contributed by atoms with van der Waals surface area (Å²) in [6, 6.07) is 0. The van der Waals surface area contributed by atoms with Crippen molar-refractivity contribution in [2.75, 3.05) is 6.54 Å². The van der Waals surface area contributed by atoms with Crippen molar-refractivity contribution in [2.24, 2.45) is 5.73 Å². The number of aliphatic carboxylic acids is 3. The normalized spacial score (nSPS) is 10.2. The van der Waals surface area contributed by atoms with Crippen molar-refractivity contribution in [1.29, 1.82) is 0 Å². The van der Waals surface area contributed by atoms with E-state index in [1.807, 2.05) is 0 Å². The van der Waals surface area contributed by atoms with Crippen LogP contribution in [0, 0.1) is 0 Å². The fourth-order valence-corrected chi connectivity index (χ4v) is 0.918. The summed E-state index contributed by atoms with van der Waals surface area (Å²) in [5.41, 5.74) is 2.40. The molecule has 0 aliphatic carbocycles. The SMILES string of the molecule is CCCCN.O=C(O)CC(O)(CC(=O)O)C(=O)O. The fraction of sp³-hybridized carbons (Fsp3) is 0.700. The number of aliphatic hydroxyl groups is 1. The Bertz CT molecular complexity index is 272. The third-order valence-corrected chi connectivity index (χ3v) is 1.84. The van der Waals surface area contributed by atoms with Gasteiger partial charge in [-0.1, -0.05) is 13.3 Å². The lowest BCUT2D eigenvalue weighted by molar-refractivity contribution is -0.170. The lowest BCUT2D eigenvalue weighted by atomic mass is 9.96. The van der Waals surface area contributed by atoms with E-state index >= 15 is 0 Å². The average Bonchev–Trinajstić information content (AvgIpc) is 2.16. The summed E-state index contributed by atoms with van der Waals surface area (Å²) in [6.07, 6.45) is 0.0970. The average molecular weight is 265 g/mol. The van der Waals surface area contributed by atoms with E-state index in [0.29, 0.717) is 0 Å². The smallest absolute Gasteiger partial charge is 0.336 e. The van der Waals surface area contributed by atoms with E-state index in [-0.39, 0.29) is 0 Å². The second-order valence-electron chi connectivity index (χ2n) is 3.62. The van der Waals surface area contributed by atoms with Gasteiger partial charge in [0.05, 0.1) is 12.8 Å². The van der Waals surface area contributed by atoms with Gasteiger partial charge in [-0.3, -0.25) is 9.59 Å². The van der Waals surface area contributed by atoms with Gasteiger partial charge in [0.2, 0.25) is 0 Å². The standard InChI is InChI=1S/C6H8O7.C4H11N/c7-3(8)1-6(13,5(11)12)2-4(9)10;1-2-3-4-5/h13H,1-2H2,(H,7,8)(H,9,10)(H,11,12);2-5H2,1H3. The summed E-state index contributed by atoms with van der Waals surface area (Å²) >= 11 is 0. The Labute approximate surface area is 104 Å². The number of hydrogen-bond donors (Lipinski definition) is 5. The number of hydrogen-bond acceptors (Lipinski definition) is 5. The number of carbonyl (C=O) groups is 3. The summed E-state index contributed by atoms with van der Waals surface area (Å²) < 4.78 is 0. The van der Waals surface area contributed by atoms with Gasteiger partial charge in [0.1, 0.15) is 0 Å². The van der Waals surface area contributed by atoms with Gasteiger partial charge in [-0.25, -0.2) is 4.79 Å². The first-order chi connectivity index (χ1) is 8.19. The van der Waals surface area contributed by atoms with E-state index in [0.717, 1.165) is 6.54 Å². The molecule has 0 rings (SSSR count). The fourth-order valence-electron chi connectivity index (χ4n) is 0.918. The van der Waals surface area contributed by atoms with E-state index in [1.54, 1.807) is 0 Å². The monoisotopic (exact) mass is 265 g/mol. The van der Waals surface area contributed by atoms with Crippen LogP contribution < -0.4 is 5.73 Å². The Balaban J connectivity index is 0. The minimum atomic E-state index is -2.74. The Hall–Kier alpha value is -1.67. The van der Waals surface area contributed by atoms with Crippen LogP contribution >= 0.6 is 0 Å². The van der Waals surface area contributed by atoms with Crippen molar-refractivity contribution in [3.05, 3.63) is 0 Å². The van der Waals surface area contributed by atoms with Crippen molar-refractivity contribution >= 4 is 17.9 Å². The number of nitrogens with two attached hydrogens (primary N) is 1. The maximum atomic E-state index is 10.3. The number of unbranched alkanes of at least 4 members (excludes halogenated alkanes) is 1. The van der Waals surface area contributed by atoms with Gasteiger partial charge in [-0.15, -0.1) is 0 Å². The molecule has 106 valence electrons. The molecular weight excluding hydrogens is 246 g/mol. The molecule has 0 atom stereocenters. The van der Waals surface area contributed by atoms with Crippen molar-refractivity contribution in [2.45, 2.75) is 38.2 Å². The summed E-state index contributed by atoms with van der Waals surface area (Å²) in [5.74, 6) is -5.02. The quantitative estimate of drug-likeness (QED) is 0.412. The molecular formula is C10H19NO7. The van der Waals surface area contributed by atoms with Gasteiger partial charge in [-0.2, -0.15) is 0 Å². The Morgan fingerprint density at radius 2 is 1.44 bits per heavy atom. The molecule has 0 fully saturated rings. The summed E-state index contributed by atoms with van der Waals surface area (Å²) in [7, 11) is 0. The predicted molar refractivity (Wildman–Crippen MR) is 61.1 cm³/mol. The molecule has 0 heterocycles. The van der Waals surface area contributed by atoms with E-state index < -0.39 is 36.4 Å². The maximum Gasteiger partial charge on any atom is 0.336 e. The first kappa shape index (κ1) is 18.7. The minimum absolute atomic E-state index is 0.844. The number of carboxylic acids is 3. The number of carboxylic acid groups (broad SMARTS) is 3. The van der Waals surface area contributed by atoms with Crippen molar-refractivity contribution in [1.82, 2.24) is 0 Å². The topological polar surface area (TPSA) is 158 Å². The van der Waals surface area contributed by atoms with Gasteiger partial charge >= 0.3 is 17.9 Å². The molecule has 8 heteroatoms. The second-order valence-corrected chi connectivity index (χ2v) is 3.62. The number of rotatable bonds is 7. The zero-order chi connectivity index (χ0) is 14.8. The van der Waals surface area contributed by atoms with Gasteiger partial charge in [0.25, 0.3) is 0 Å². The maximum absolute atomic E-state index is 10.3. The summed E-state index contributed by atoms with van der Waals surface area (Å²) in [4.78, 5) is 30.5. The van der Waals surface area contributed by atoms with Crippen LogP contribution in [-0.4, -0.2) is 50.5 Å². The molecule has 0 saturated carbocycles.